The fourth-order valence-corrected chi connectivity index (χ4v) is 15.0. The monoisotopic (exact) mass is 1680 g/mol. The van der Waals surface area contributed by atoms with E-state index in [4.69, 9.17) is 80.5 Å². The van der Waals surface area contributed by atoms with Gasteiger partial charge in [0.15, 0.2) is 56.6 Å². The van der Waals surface area contributed by atoms with Crippen LogP contribution in [-0.4, -0.2) is 488 Å². The number of carbonyl (C=O) groups excluding carboxylic acids is 5. The van der Waals surface area contributed by atoms with Gasteiger partial charge >= 0.3 is 0 Å². The van der Waals surface area contributed by atoms with Crippen LogP contribution in [0.25, 0.3) is 0 Å². The minimum atomic E-state index is -2.43. The lowest BCUT2D eigenvalue weighted by molar-refractivity contribution is -0.383. The fraction of sp³-hybridized carbons (Fsp3) is 0.922. The van der Waals surface area contributed by atoms with Gasteiger partial charge in [-0.05, 0) is 0 Å². The molecular weight excluding hydrogens is 1570 g/mol. The first-order chi connectivity index (χ1) is 54.4. The summed E-state index contributed by atoms with van der Waals surface area (Å²) in [6.07, 6.45) is -80.7. The minimum absolute atomic E-state index is 0.901. The average Bonchev–Trinajstić information content (AvgIpc) is 0.757. The van der Waals surface area contributed by atoms with Crippen LogP contribution in [0.1, 0.15) is 34.6 Å². The lowest BCUT2D eigenvalue weighted by Gasteiger charge is -2.52. The van der Waals surface area contributed by atoms with Crippen LogP contribution in [-0.2, 0) is 104 Å². The van der Waals surface area contributed by atoms with Gasteiger partial charge in [0.25, 0.3) is 0 Å². The van der Waals surface area contributed by atoms with E-state index in [9.17, 15) is 147 Å². The molecule has 9 aliphatic heterocycles. The maximum Gasteiger partial charge on any atom is 0.217 e. The van der Waals surface area contributed by atoms with Gasteiger partial charge in [-0.25, -0.2) is 0 Å². The first kappa shape index (κ1) is 94.6. The second kappa shape index (κ2) is 41.5. The molecule has 1 unspecified atom stereocenters. The number of aliphatic hydroxyl groups excluding tert-OH is 24. The van der Waals surface area contributed by atoms with Crippen molar-refractivity contribution in [2.75, 3.05) is 59.5 Å². The third-order valence-corrected chi connectivity index (χ3v) is 20.8. The smallest absolute Gasteiger partial charge is 0.217 e. The molecule has 9 heterocycles. The molecule has 51 heteroatoms. The number of rotatable bonds is 30. The van der Waals surface area contributed by atoms with E-state index in [1.165, 1.54) is 0 Å². The largest absolute Gasteiger partial charge is 0.394 e. The highest BCUT2D eigenvalue weighted by atomic mass is 16.8. The molecular formula is C64H107N5O46. The molecule has 0 radical (unpaired) electrons. The van der Waals surface area contributed by atoms with Crippen LogP contribution in [0.3, 0.4) is 0 Å². The lowest BCUT2D eigenvalue weighted by Crippen LogP contribution is -2.72. The summed E-state index contributed by atoms with van der Waals surface area (Å²) in [5.41, 5.74) is 0. The van der Waals surface area contributed by atoms with Gasteiger partial charge in [-0.3, -0.25) is 24.0 Å². The molecule has 0 spiro atoms. The van der Waals surface area contributed by atoms with Gasteiger partial charge in [-0.2, -0.15) is 0 Å². The standard InChI is InChI=1S/C64H107N5O46/c1-15(79)65-29-40(90)49(28(14-78)106-57(29)108-48-27(13-77)107-58(30(41(48)91)66-16(2)80)114-54-38(88)24(10-74)104-63(46(54)96)110-50-26(12-76)99-56(98)44(94)43(50)93)109-59-32(68-18(4)82)53(37(87)22(8-72)100-59)113-64-47(97)55(39(89)25(11-75)105-64)115-61-31(67-17(3)81)51(35(85)21(7-71)102-61)111-60-33(69-19(5)83)52(36(86)23(9-73)101-60)112-62-45(95)42(92)34(84)20(6-70)103-62/h20-64,70-78,84-98H,6-14H2,1-5H3,(H,65,79)(H,66,80)(H,67,81)(H,68,82)(H,69,83)/t20-,21-,22-,23-,24-,25-,26-,27-,28-,29-,30-,31-,32-,33-,34+,35-,36+,37+,38-,39+,40-,41-,42+,43-,44-,45-,46+,47-,48-,49+,50-,51-,52-,53-,54+,55+,56?,57+,58+,59-,60+,61+,62+,63+,64+/m1/s1. The third-order valence-electron chi connectivity index (χ3n) is 20.8. The molecule has 0 bridgehead atoms. The van der Waals surface area contributed by atoms with Gasteiger partial charge in [0.1, 0.15) is 219 Å². The molecule has 9 rings (SSSR count). The summed E-state index contributed by atoms with van der Waals surface area (Å²) < 4.78 is 101. The lowest BCUT2D eigenvalue weighted by atomic mass is 9.93. The molecule has 115 heavy (non-hydrogen) atoms. The van der Waals surface area contributed by atoms with Gasteiger partial charge in [-0.15, -0.1) is 0 Å². The molecule has 9 aliphatic rings. The predicted molar refractivity (Wildman–Crippen MR) is 355 cm³/mol. The average molecular weight is 1680 g/mol. The summed E-state index contributed by atoms with van der Waals surface area (Å²) in [6, 6.07) is -9.55. The van der Waals surface area contributed by atoms with Crippen LogP contribution in [0.5, 0.6) is 0 Å². The molecule has 9 fully saturated rings. The molecule has 664 valence electrons. The molecule has 45 atom stereocenters. The highest BCUT2D eigenvalue weighted by Gasteiger charge is 2.62. The van der Waals surface area contributed by atoms with E-state index in [1.807, 2.05) is 0 Å². The van der Waals surface area contributed by atoms with Crippen molar-refractivity contribution in [3.05, 3.63) is 0 Å². The summed E-state index contributed by atoms with van der Waals surface area (Å²) in [4.78, 5) is 65.4. The zero-order valence-electron chi connectivity index (χ0n) is 62.1. The Morgan fingerprint density at radius 3 is 0.722 bits per heavy atom. The van der Waals surface area contributed by atoms with Crippen LogP contribution in [0.2, 0.25) is 0 Å². The second-order valence-electron chi connectivity index (χ2n) is 28.9. The van der Waals surface area contributed by atoms with E-state index >= 15 is 0 Å². The Bertz CT molecular complexity index is 3100. The third kappa shape index (κ3) is 21.1. The van der Waals surface area contributed by atoms with Crippen molar-refractivity contribution in [2.45, 2.75) is 311 Å². The quantitative estimate of drug-likeness (QED) is 0.0318. The Balaban J connectivity index is 0.950. The molecule has 5 amide bonds. The second-order valence-corrected chi connectivity index (χ2v) is 28.9. The fourth-order valence-electron chi connectivity index (χ4n) is 15.0. The number of hydrogen-bond acceptors (Lipinski definition) is 46. The van der Waals surface area contributed by atoms with Gasteiger partial charge in [0.05, 0.1) is 59.5 Å². The molecule has 0 aliphatic carbocycles. The molecule has 0 aromatic carbocycles. The number of hydrogen-bond donors (Lipinski definition) is 29. The zero-order valence-corrected chi connectivity index (χ0v) is 62.1. The molecule has 29 N–H and O–H groups in total. The molecule has 0 aromatic heterocycles. The minimum Gasteiger partial charge on any atom is -0.394 e. The summed E-state index contributed by atoms with van der Waals surface area (Å²) in [5, 5.41) is 277. The summed E-state index contributed by atoms with van der Waals surface area (Å²) >= 11 is 0. The maximum atomic E-state index is 13.3. The van der Waals surface area contributed by atoms with E-state index < -0.39 is 365 Å². The van der Waals surface area contributed by atoms with Gasteiger partial charge in [0.2, 0.25) is 29.5 Å². The normalized spacial score (nSPS) is 47.9. The molecule has 51 nitrogen and oxygen atoms in total. The van der Waals surface area contributed by atoms with Crippen LogP contribution < -0.4 is 26.6 Å². The van der Waals surface area contributed by atoms with Gasteiger partial charge < -0.3 is 230 Å². The molecule has 9 saturated heterocycles. The highest BCUT2D eigenvalue weighted by Crippen LogP contribution is 2.40. The van der Waals surface area contributed by atoms with Crippen molar-refractivity contribution >= 4 is 29.5 Å². The van der Waals surface area contributed by atoms with Crippen LogP contribution >= 0.6 is 0 Å². The van der Waals surface area contributed by atoms with Gasteiger partial charge in [-0.1, -0.05) is 0 Å². The first-order valence-corrected chi connectivity index (χ1v) is 36.6. The predicted octanol–water partition coefficient (Wildman–Crippen LogP) is -19.9. The summed E-state index contributed by atoms with van der Waals surface area (Å²) in [7, 11) is 0. The van der Waals surface area contributed by atoms with Crippen molar-refractivity contribution in [1.82, 2.24) is 26.6 Å². The van der Waals surface area contributed by atoms with Crippen LogP contribution in [0.15, 0.2) is 0 Å². The topological polar surface area (TPSA) is 788 Å². The van der Waals surface area contributed by atoms with Crippen molar-refractivity contribution < 1.29 is 227 Å². The van der Waals surface area contributed by atoms with E-state index in [1.54, 1.807) is 0 Å². The maximum absolute atomic E-state index is 13.3. The molecule has 0 aromatic rings. The number of amides is 5. The highest BCUT2D eigenvalue weighted by molar-refractivity contribution is 5.75. The van der Waals surface area contributed by atoms with E-state index in [-0.39, 0.29) is 0 Å². The SMILES string of the molecule is CC(=O)N[C@H]1[C@H](O[C@H]2[C@H](O)[C@@H](NC(C)=O)[C@H](O[C@@H]3[C@H](O)[C@H](O[C@H]4[C@H](O)[C@@H](O)C(O)O[C@@H]4CO)O[C@H](CO)[C@H]3O)O[C@@H]2CO)O[C@H](CO)[C@H](O[C@H]2O[C@H](CO)[C@H](O)[C@H](O[C@@H]3O[C@H](CO)[C@H](O)[C@H](O[C@@H]4O[C@H](CO)[C@@H](O)[C@H](O[C@@H]5O[C@H](CO)[C@H](O)[C@H](O[C@@H]6O[C@H](CO)[C@H](O)[C@H](O)[C@H]6O)[C@H]5NC(C)=O)[C@H]4NC(C)=O)[C@H]3O)[C@H]2NC(C)=O)[C@@H]1O. The number of carbonyl (C=O) groups is 5. The van der Waals surface area contributed by atoms with Crippen molar-refractivity contribution in [1.29, 1.82) is 0 Å². The summed E-state index contributed by atoms with van der Waals surface area (Å²) in [6.45, 7) is -4.99. The zero-order chi connectivity index (χ0) is 84.8. The Morgan fingerprint density at radius 2 is 0.417 bits per heavy atom. The van der Waals surface area contributed by atoms with Crippen LogP contribution in [0.4, 0.5) is 0 Å². The van der Waals surface area contributed by atoms with Crippen molar-refractivity contribution in [3.63, 3.8) is 0 Å². The Morgan fingerprint density at radius 1 is 0.209 bits per heavy atom. The molecule has 0 saturated carbocycles. The summed E-state index contributed by atoms with van der Waals surface area (Å²) in [5.74, 6) is -4.70. The number of ether oxygens (including phenoxy) is 17. The van der Waals surface area contributed by atoms with E-state index in [2.05, 4.69) is 26.6 Å². The first-order valence-electron chi connectivity index (χ1n) is 36.6. The van der Waals surface area contributed by atoms with Crippen molar-refractivity contribution in [2.24, 2.45) is 0 Å². The Kier molecular flexibility index (Phi) is 34.1. The van der Waals surface area contributed by atoms with Crippen molar-refractivity contribution in [3.8, 4) is 0 Å². The van der Waals surface area contributed by atoms with Crippen LogP contribution in [0, 0.1) is 0 Å². The van der Waals surface area contributed by atoms with E-state index in [0.29, 0.717) is 0 Å². The Hall–Kier alpha value is -4.29. The van der Waals surface area contributed by atoms with Gasteiger partial charge in [0, 0.05) is 34.6 Å². The number of nitrogens with one attached hydrogen (secondary N) is 5. The number of aliphatic hydroxyl groups is 24. The van der Waals surface area contributed by atoms with E-state index in [0.717, 1.165) is 34.6 Å². The Labute approximate surface area is 651 Å².